The van der Waals surface area contributed by atoms with Crippen molar-refractivity contribution in [2.75, 3.05) is 34.5 Å². The van der Waals surface area contributed by atoms with E-state index in [9.17, 15) is 18.0 Å². The van der Waals surface area contributed by atoms with Crippen molar-refractivity contribution in [3.63, 3.8) is 0 Å². The molecule has 6 aromatic rings. The molecule has 0 aliphatic carbocycles. The summed E-state index contributed by atoms with van der Waals surface area (Å²) in [5.41, 5.74) is 2.76. The first kappa shape index (κ1) is 38.3. The second-order valence-electron chi connectivity index (χ2n) is 11.5. The number of hydrogen-bond acceptors (Lipinski definition) is 10. The molecule has 0 saturated heterocycles. The van der Waals surface area contributed by atoms with E-state index in [0.29, 0.717) is 34.4 Å². The zero-order valence-electron chi connectivity index (χ0n) is 29.4. The van der Waals surface area contributed by atoms with Gasteiger partial charge in [-0.3, -0.25) is 0 Å². The lowest BCUT2D eigenvalue weighted by Crippen LogP contribution is -2.23. The summed E-state index contributed by atoms with van der Waals surface area (Å²) >= 11 is 11.1. The number of benzene rings is 4. The minimum Gasteiger partial charge on any atom is -0.462 e. The first-order valence-corrected chi connectivity index (χ1v) is 19.1. The van der Waals surface area contributed by atoms with Gasteiger partial charge in [-0.15, -0.1) is 0 Å². The summed E-state index contributed by atoms with van der Waals surface area (Å²) in [7, 11) is -3.90. The van der Waals surface area contributed by atoms with E-state index in [1.54, 1.807) is 38.1 Å². The molecule has 0 atom stereocenters. The van der Waals surface area contributed by atoms with Crippen LogP contribution in [0.2, 0.25) is 0 Å². The van der Waals surface area contributed by atoms with Gasteiger partial charge in [-0.2, -0.15) is 10.2 Å². The molecule has 14 nitrogen and oxygen atoms in total. The van der Waals surface area contributed by atoms with Crippen molar-refractivity contribution in [1.82, 2.24) is 19.6 Å². The molecule has 4 N–H and O–H groups in total. The summed E-state index contributed by atoms with van der Waals surface area (Å²) in [6, 6.07) is 30.5. The molecule has 0 radical (unpaired) electrons. The highest BCUT2D eigenvalue weighted by Gasteiger charge is 2.23. The monoisotopic (exact) mass is 794 g/mol. The zero-order valence-corrected chi connectivity index (χ0v) is 31.9. The van der Waals surface area contributed by atoms with E-state index in [0.717, 1.165) is 0 Å². The van der Waals surface area contributed by atoms with Crippen molar-refractivity contribution in [3.05, 3.63) is 133 Å². The van der Waals surface area contributed by atoms with Crippen molar-refractivity contribution < 1.29 is 27.5 Å². The Morgan fingerprint density at radius 1 is 0.582 bits per heavy atom. The van der Waals surface area contributed by atoms with Crippen LogP contribution in [0.4, 0.5) is 23.0 Å². The van der Waals surface area contributed by atoms with Crippen molar-refractivity contribution in [3.8, 4) is 11.4 Å². The Labute approximate surface area is 327 Å². The lowest BCUT2D eigenvalue weighted by molar-refractivity contribution is 0.0518. The van der Waals surface area contributed by atoms with E-state index in [2.05, 4.69) is 31.5 Å². The summed E-state index contributed by atoms with van der Waals surface area (Å²) in [5.74, 6) is -0.527. The van der Waals surface area contributed by atoms with Gasteiger partial charge >= 0.3 is 11.9 Å². The number of rotatable bonds is 12. The van der Waals surface area contributed by atoms with E-state index in [4.69, 9.17) is 33.9 Å². The maximum atomic E-state index is 13.6. The van der Waals surface area contributed by atoms with Crippen LogP contribution in [0.3, 0.4) is 0 Å². The number of aromatic nitrogens is 4. The molecular formula is C38H34N8O6S3. The van der Waals surface area contributed by atoms with Gasteiger partial charge in [0.15, 0.2) is 21.9 Å². The van der Waals surface area contributed by atoms with Crippen LogP contribution in [0.15, 0.2) is 131 Å². The Kier molecular flexibility index (Phi) is 11.9. The quantitative estimate of drug-likeness (QED) is 0.0748. The lowest BCUT2D eigenvalue weighted by atomic mass is 10.3. The van der Waals surface area contributed by atoms with Gasteiger partial charge in [0.05, 0.1) is 46.8 Å². The first-order valence-electron chi connectivity index (χ1n) is 16.8. The average molecular weight is 795 g/mol. The summed E-state index contributed by atoms with van der Waals surface area (Å²) < 4.78 is 40.6. The molecule has 0 saturated carbocycles. The third kappa shape index (κ3) is 8.86. The molecule has 0 bridgehead atoms. The Morgan fingerprint density at radius 3 is 1.29 bits per heavy atom. The third-order valence-corrected chi connectivity index (χ3v) is 10.0. The molecule has 6 rings (SSSR count). The zero-order chi connectivity index (χ0) is 39.0. The molecule has 0 unspecified atom stereocenters. The van der Waals surface area contributed by atoms with Gasteiger partial charge in [0.2, 0.25) is 9.84 Å². The van der Waals surface area contributed by atoms with E-state index < -0.39 is 21.8 Å². The molecule has 0 spiro atoms. The van der Waals surface area contributed by atoms with Gasteiger partial charge in [0.25, 0.3) is 0 Å². The number of sulfone groups is 1. The van der Waals surface area contributed by atoms with Crippen LogP contribution < -0.4 is 21.3 Å². The Hall–Kier alpha value is -6.43. The number of nitrogens with one attached hydrogen (secondary N) is 4. The van der Waals surface area contributed by atoms with Gasteiger partial charge in [-0.1, -0.05) is 36.4 Å². The fourth-order valence-electron chi connectivity index (χ4n) is 5.29. The fraction of sp³-hybridized carbons (Fsp3) is 0.105. The minimum absolute atomic E-state index is 0.0576. The number of carbonyl (C=O) groups excluding carboxylic acids is 2. The van der Waals surface area contributed by atoms with E-state index in [-0.39, 0.29) is 44.4 Å². The average Bonchev–Trinajstić information content (AvgIpc) is 3.80. The van der Waals surface area contributed by atoms with E-state index in [1.165, 1.54) is 46.0 Å². The minimum atomic E-state index is -3.90. The molecule has 280 valence electrons. The highest BCUT2D eigenvalue weighted by molar-refractivity contribution is 7.91. The number of hydrogen-bond donors (Lipinski definition) is 4. The second-order valence-corrected chi connectivity index (χ2v) is 14.2. The van der Waals surface area contributed by atoms with Crippen molar-refractivity contribution >= 4 is 79.4 Å². The molecule has 0 amide bonds. The molecule has 55 heavy (non-hydrogen) atoms. The fourth-order valence-corrected chi connectivity index (χ4v) is 6.98. The largest absolute Gasteiger partial charge is 0.462 e. The summed E-state index contributed by atoms with van der Waals surface area (Å²) in [6.07, 6.45) is 2.80. The number of para-hydroxylation sites is 2. The van der Waals surface area contributed by atoms with Gasteiger partial charge in [0.1, 0.15) is 11.1 Å². The third-order valence-electron chi connectivity index (χ3n) is 7.84. The summed E-state index contributed by atoms with van der Waals surface area (Å²) in [6.45, 7) is 3.79. The highest BCUT2D eigenvalue weighted by Crippen LogP contribution is 2.26. The van der Waals surface area contributed by atoms with Gasteiger partial charge in [-0.25, -0.2) is 27.4 Å². The van der Waals surface area contributed by atoms with Crippen LogP contribution >= 0.6 is 24.4 Å². The van der Waals surface area contributed by atoms with Gasteiger partial charge in [-0.05, 0) is 111 Å². The summed E-state index contributed by atoms with van der Waals surface area (Å²) in [5, 5.41) is 21.1. The number of thiocarbonyl (C=S) groups is 2. The number of esters is 2. The number of ether oxygens (including phenoxy) is 2. The topological polar surface area (TPSA) is 170 Å². The van der Waals surface area contributed by atoms with Crippen molar-refractivity contribution in [2.45, 2.75) is 23.6 Å². The van der Waals surface area contributed by atoms with E-state index in [1.807, 2.05) is 60.7 Å². The standard InChI is InChI=1S/C38H34N8O6S3/c1-3-51-35(47)31-23-39-45(27-11-7-5-8-12-27)33(31)43-37(53)41-25-15-19-29(20-16-25)55(49,50)30-21-17-26(18-22-30)42-38(54)44-34-32(36(48)52-4-2)24-40-46(34)28-13-9-6-10-14-28/h5-24H,3-4H2,1-2H3,(H2,41,43,53)(H2,42,44,54). The molecule has 2 heterocycles. The lowest BCUT2D eigenvalue weighted by Gasteiger charge is -2.15. The molecule has 2 aromatic heterocycles. The molecule has 17 heteroatoms. The highest BCUT2D eigenvalue weighted by atomic mass is 32.2. The maximum Gasteiger partial charge on any atom is 0.343 e. The van der Waals surface area contributed by atoms with Crippen LogP contribution in [0, 0.1) is 0 Å². The smallest absolute Gasteiger partial charge is 0.343 e. The maximum absolute atomic E-state index is 13.6. The Bertz CT molecular complexity index is 2270. The number of carbonyl (C=O) groups is 2. The first-order chi connectivity index (χ1) is 26.6. The van der Waals surface area contributed by atoms with Gasteiger partial charge in [0, 0.05) is 11.4 Å². The Morgan fingerprint density at radius 2 is 0.945 bits per heavy atom. The van der Waals surface area contributed by atoms with Gasteiger partial charge < -0.3 is 30.7 Å². The predicted octanol–water partition coefficient (Wildman–Crippen LogP) is 6.86. The van der Waals surface area contributed by atoms with Crippen LogP contribution in [-0.4, -0.2) is 63.4 Å². The van der Waals surface area contributed by atoms with Crippen molar-refractivity contribution in [2.24, 2.45) is 0 Å². The number of anilines is 4. The van der Waals surface area contributed by atoms with Crippen LogP contribution in [0.5, 0.6) is 0 Å². The normalized spacial score (nSPS) is 10.9. The molecule has 0 aliphatic rings. The molecular weight excluding hydrogens is 761 g/mol. The van der Waals surface area contributed by atoms with Crippen LogP contribution in [0.1, 0.15) is 34.6 Å². The van der Waals surface area contributed by atoms with Crippen LogP contribution in [-0.2, 0) is 19.3 Å². The molecule has 4 aromatic carbocycles. The second kappa shape index (κ2) is 17.1. The summed E-state index contributed by atoms with van der Waals surface area (Å²) in [4.78, 5) is 25.4. The SMILES string of the molecule is CCOC(=O)c1cnn(-c2ccccc2)c1NC(=S)Nc1ccc(S(=O)(=O)c2ccc(NC(=S)Nc3c(C(=O)OCC)cnn3-c3ccccc3)cc2)cc1. The van der Waals surface area contributed by atoms with Crippen LogP contribution in [0.25, 0.3) is 11.4 Å². The van der Waals surface area contributed by atoms with E-state index >= 15 is 0 Å². The Balaban J connectivity index is 1.12. The van der Waals surface area contributed by atoms with Crippen molar-refractivity contribution in [1.29, 1.82) is 0 Å². The molecule has 0 fully saturated rings. The number of nitrogens with zero attached hydrogens (tertiary/aromatic N) is 4. The molecule has 0 aliphatic heterocycles. The predicted molar refractivity (Wildman–Crippen MR) is 217 cm³/mol.